The van der Waals surface area contributed by atoms with Crippen LogP contribution >= 0.6 is 15.9 Å². The van der Waals surface area contributed by atoms with E-state index in [1.54, 1.807) is 12.1 Å². The van der Waals surface area contributed by atoms with Gasteiger partial charge in [-0.1, -0.05) is 11.2 Å². The molecule has 0 aliphatic heterocycles. The Balaban J connectivity index is 2.71. The smallest absolute Gasteiger partial charge is 0.174 e. The third-order valence-electron chi connectivity index (χ3n) is 2.22. The van der Waals surface area contributed by atoms with Crippen LogP contribution in [0, 0.1) is 0 Å². The van der Waals surface area contributed by atoms with Crippen molar-refractivity contribution in [3.8, 4) is 5.75 Å². The summed E-state index contributed by atoms with van der Waals surface area (Å²) in [6.07, 6.45) is 0. The van der Waals surface area contributed by atoms with Gasteiger partial charge >= 0.3 is 0 Å². The second-order valence-corrected chi connectivity index (χ2v) is 5.76. The van der Waals surface area contributed by atoms with Crippen molar-refractivity contribution in [1.29, 1.82) is 0 Å². The van der Waals surface area contributed by atoms with E-state index in [4.69, 9.17) is 20.4 Å². The first-order valence-electron chi connectivity index (χ1n) is 5.88. The summed E-state index contributed by atoms with van der Waals surface area (Å²) in [7, 11) is 0. The van der Waals surface area contributed by atoms with E-state index < -0.39 is 0 Å². The van der Waals surface area contributed by atoms with Gasteiger partial charge in [0.05, 0.1) is 17.8 Å². The van der Waals surface area contributed by atoms with E-state index >= 15 is 0 Å². The van der Waals surface area contributed by atoms with E-state index in [0.717, 1.165) is 0 Å². The van der Waals surface area contributed by atoms with E-state index in [0.29, 0.717) is 29.0 Å². The third kappa shape index (κ3) is 5.08. The standard InChI is InChI=1S/C13H19BrN2O3/c1-13(2,3)19-8-7-18-10-6-4-5-9(14)11(10)12(15)16-17/h4-6,17H,7-8H2,1-3H3,(H2,15,16). The van der Waals surface area contributed by atoms with Gasteiger partial charge in [0.2, 0.25) is 0 Å². The lowest BCUT2D eigenvalue weighted by Crippen LogP contribution is -2.23. The minimum absolute atomic E-state index is 0.000727. The summed E-state index contributed by atoms with van der Waals surface area (Å²) in [6, 6.07) is 5.37. The zero-order valence-corrected chi connectivity index (χ0v) is 12.9. The molecule has 6 heteroatoms. The molecule has 0 saturated carbocycles. The molecule has 1 rings (SSSR count). The minimum Gasteiger partial charge on any atom is -0.490 e. The molecule has 0 spiro atoms. The molecule has 5 nitrogen and oxygen atoms in total. The molecule has 1 aromatic carbocycles. The van der Waals surface area contributed by atoms with Crippen LogP contribution in [0.2, 0.25) is 0 Å². The summed E-state index contributed by atoms with van der Waals surface area (Å²) in [5.74, 6) is 0.543. The van der Waals surface area contributed by atoms with Gasteiger partial charge in [-0.25, -0.2) is 0 Å². The summed E-state index contributed by atoms with van der Waals surface area (Å²) in [4.78, 5) is 0. The normalized spacial score (nSPS) is 12.5. The molecule has 1 aromatic rings. The molecule has 0 heterocycles. The quantitative estimate of drug-likeness (QED) is 0.286. The largest absolute Gasteiger partial charge is 0.490 e. The molecule has 0 bridgehead atoms. The predicted molar refractivity (Wildman–Crippen MR) is 77.9 cm³/mol. The molecular weight excluding hydrogens is 312 g/mol. The molecular formula is C13H19BrN2O3. The molecule has 0 fully saturated rings. The maximum absolute atomic E-state index is 8.78. The van der Waals surface area contributed by atoms with Crippen LogP contribution in [0.1, 0.15) is 26.3 Å². The van der Waals surface area contributed by atoms with Crippen molar-refractivity contribution in [2.24, 2.45) is 10.9 Å². The highest BCUT2D eigenvalue weighted by Gasteiger charge is 2.13. The first kappa shape index (κ1) is 15.8. The molecule has 0 unspecified atom stereocenters. The average Bonchev–Trinajstić information content (AvgIpc) is 2.33. The summed E-state index contributed by atoms with van der Waals surface area (Å²) in [5, 5.41) is 11.8. The van der Waals surface area contributed by atoms with Crippen molar-refractivity contribution in [2.45, 2.75) is 26.4 Å². The number of ether oxygens (including phenoxy) is 2. The van der Waals surface area contributed by atoms with Gasteiger partial charge in [0.25, 0.3) is 0 Å². The van der Waals surface area contributed by atoms with E-state index in [1.807, 2.05) is 26.8 Å². The number of rotatable bonds is 5. The first-order valence-corrected chi connectivity index (χ1v) is 6.67. The van der Waals surface area contributed by atoms with Gasteiger partial charge in [0, 0.05) is 4.47 Å². The van der Waals surface area contributed by atoms with Gasteiger partial charge in [-0.2, -0.15) is 0 Å². The van der Waals surface area contributed by atoms with Gasteiger partial charge in [0.1, 0.15) is 12.4 Å². The van der Waals surface area contributed by atoms with Gasteiger partial charge in [0.15, 0.2) is 5.84 Å². The summed E-state index contributed by atoms with van der Waals surface area (Å²) >= 11 is 3.35. The minimum atomic E-state index is -0.199. The van der Waals surface area contributed by atoms with Gasteiger partial charge in [-0.3, -0.25) is 0 Å². The van der Waals surface area contributed by atoms with Crippen LogP contribution in [0.3, 0.4) is 0 Å². The predicted octanol–water partition coefficient (Wildman–Crippen LogP) is 2.74. The molecule has 0 radical (unpaired) electrons. The maximum Gasteiger partial charge on any atom is 0.174 e. The van der Waals surface area contributed by atoms with Crippen LogP contribution in [-0.2, 0) is 4.74 Å². The number of hydrogen-bond acceptors (Lipinski definition) is 4. The van der Waals surface area contributed by atoms with Crippen molar-refractivity contribution in [2.75, 3.05) is 13.2 Å². The second-order valence-electron chi connectivity index (χ2n) is 4.91. The zero-order chi connectivity index (χ0) is 14.5. The van der Waals surface area contributed by atoms with Crippen molar-refractivity contribution in [1.82, 2.24) is 0 Å². The van der Waals surface area contributed by atoms with Crippen molar-refractivity contribution in [3.63, 3.8) is 0 Å². The average molecular weight is 331 g/mol. The van der Waals surface area contributed by atoms with Gasteiger partial charge in [-0.05, 0) is 48.8 Å². The number of amidine groups is 1. The Morgan fingerprint density at radius 2 is 2.05 bits per heavy atom. The first-order chi connectivity index (χ1) is 8.85. The highest BCUT2D eigenvalue weighted by molar-refractivity contribution is 9.10. The van der Waals surface area contributed by atoms with Crippen molar-refractivity contribution in [3.05, 3.63) is 28.2 Å². The molecule has 106 valence electrons. The van der Waals surface area contributed by atoms with Gasteiger partial charge < -0.3 is 20.4 Å². The van der Waals surface area contributed by atoms with E-state index in [9.17, 15) is 0 Å². The fourth-order valence-corrected chi connectivity index (χ4v) is 1.97. The number of oxime groups is 1. The highest BCUT2D eigenvalue weighted by Crippen LogP contribution is 2.26. The Morgan fingerprint density at radius 3 is 2.63 bits per heavy atom. The number of halogens is 1. The fourth-order valence-electron chi connectivity index (χ4n) is 1.42. The highest BCUT2D eigenvalue weighted by atomic mass is 79.9. The Kier molecular flexibility index (Phi) is 5.62. The Morgan fingerprint density at radius 1 is 1.37 bits per heavy atom. The maximum atomic E-state index is 8.78. The number of nitrogens with two attached hydrogens (primary N) is 1. The monoisotopic (exact) mass is 330 g/mol. The van der Waals surface area contributed by atoms with Crippen molar-refractivity contribution < 1.29 is 14.7 Å². The third-order valence-corrected chi connectivity index (χ3v) is 2.88. The van der Waals surface area contributed by atoms with Crippen LogP contribution in [0.5, 0.6) is 5.75 Å². The summed E-state index contributed by atoms with van der Waals surface area (Å²) in [6.45, 7) is 6.79. The van der Waals surface area contributed by atoms with Crippen LogP contribution in [-0.4, -0.2) is 29.9 Å². The zero-order valence-electron chi connectivity index (χ0n) is 11.3. The molecule has 0 aliphatic carbocycles. The molecule has 0 saturated heterocycles. The SMILES string of the molecule is CC(C)(C)OCCOc1cccc(Br)c1/C(N)=N/O. The van der Waals surface area contributed by atoms with E-state index in [-0.39, 0.29) is 11.4 Å². The lowest BCUT2D eigenvalue weighted by Gasteiger charge is -2.20. The van der Waals surface area contributed by atoms with Crippen LogP contribution < -0.4 is 10.5 Å². The molecule has 3 N–H and O–H groups in total. The molecule has 0 atom stereocenters. The van der Waals surface area contributed by atoms with Crippen LogP contribution in [0.4, 0.5) is 0 Å². The Labute approximate surface area is 121 Å². The van der Waals surface area contributed by atoms with Crippen LogP contribution in [0.25, 0.3) is 0 Å². The number of nitrogens with zero attached hydrogens (tertiary/aromatic N) is 1. The summed E-state index contributed by atoms with van der Waals surface area (Å²) in [5.41, 5.74) is 5.96. The molecule has 0 aromatic heterocycles. The van der Waals surface area contributed by atoms with E-state index in [1.165, 1.54) is 0 Å². The second kappa shape index (κ2) is 6.77. The topological polar surface area (TPSA) is 77.1 Å². The lowest BCUT2D eigenvalue weighted by molar-refractivity contribution is -0.0163. The molecule has 0 amide bonds. The van der Waals surface area contributed by atoms with Crippen molar-refractivity contribution >= 4 is 21.8 Å². The van der Waals surface area contributed by atoms with Crippen LogP contribution in [0.15, 0.2) is 27.8 Å². The number of benzene rings is 1. The van der Waals surface area contributed by atoms with Gasteiger partial charge in [-0.15, -0.1) is 0 Å². The molecule has 19 heavy (non-hydrogen) atoms. The van der Waals surface area contributed by atoms with E-state index in [2.05, 4.69) is 21.1 Å². The lowest BCUT2D eigenvalue weighted by atomic mass is 10.2. The fraction of sp³-hybridized carbons (Fsp3) is 0.462. The molecule has 0 aliphatic rings. The Bertz CT molecular complexity index is 456. The Hall–Kier alpha value is -1.27. The number of hydrogen-bond donors (Lipinski definition) is 2. The summed E-state index contributed by atoms with van der Waals surface area (Å²) < 4.78 is 11.9.